The van der Waals surface area contributed by atoms with Crippen molar-refractivity contribution in [2.24, 2.45) is 0 Å². The molecule has 0 saturated carbocycles. The summed E-state index contributed by atoms with van der Waals surface area (Å²) in [5, 5.41) is 3.21. The zero-order chi connectivity index (χ0) is 16.4. The number of thiazole rings is 1. The molecule has 0 aliphatic carbocycles. The number of fused-ring (bicyclic) bond motifs is 1. The van der Waals surface area contributed by atoms with E-state index in [1.807, 2.05) is 43.3 Å². The molecule has 2 aromatic carbocycles. The van der Waals surface area contributed by atoms with Crippen molar-refractivity contribution in [1.29, 1.82) is 0 Å². The smallest absolute Gasteiger partial charge is 0.315 e. The lowest BCUT2D eigenvalue weighted by Crippen LogP contribution is -2.28. The van der Waals surface area contributed by atoms with Crippen LogP contribution in [0.4, 0.5) is 5.69 Å². The third-order valence-corrected chi connectivity index (χ3v) is 4.81. The number of hydrogen-bond donors (Lipinski definition) is 1. The van der Waals surface area contributed by atoms with Crippen molar-refractivity contribution in [3.05, 3.63) is 63.3 Å². The van der Waals surface area contributed by atoms with Crippen molar-refractivity contribution in [2.45, 2.75) is 20.3 Å². The van der Waals surface area contributed by atoms with E-state index >= 15 is 0 Å². The Kier molecular flexibility index (Phi) is 4.30. The molecule has 3 rings (SSSR count). The van der Waals surface area contributed by atoms with Gasteiger partial charge in [-0.1, -0.05) is 48.6 Å². The van der Waals surface area contributed by atoms with E-state index < -0.39 is 0 Å². The number of para-hydroxylation sites is 2. The standard InChI is InChI=1S/C18H18N2O2S/c1-3-13-8-6-7-12(2)17(13)19-11-16(21)20-14-9-4-5-10-15(14)23-18(20)22/h4-10,19H,3,11H2,1-2H3. The lowest BCUT2D eigenvalue weighted by molar-refractivity contribution is 0.0931. The number of anilines is 1. The van der Waals surface area contributed by atoms with Crippen LogP contribution in [0.3, 0.4) is 0 Å². The Morgan fingerprint density at radius 2 is 1.96 bits per heavy atom. The summed E-state index contributed by atoms with van der Waals surface area (Å²) in [6.07, 6.45) is 0.888. The first-order valence-electron chi connectivity index (χ1n) is 7.58. The van der Waals surface area contributed by atoms with Gasteiger partial charge in [0.1, 0.15) is 0 Å². The molecule has 118 valence electrons. The summed E-state index contributed by atoms with van der Waals surface area (Å²) in [4.78, 5) is 24.4. The normalized spacial score (nSPS) is 10.9. The molecule has 1 N–H and O–H groups in total. The van der Waals surface area contributed by atoms with E-state index in [4.69, 9.17) is 0 Å². The maximum absolute atomic E-state index is 12.5. The number of benzene rings is 2. The molecule has 5 heteroatoms. The van der Waals surface area contributed by atoms with Crippen LogP contribution in [0.5, 0.6) is 0 Å². The minimum absolute atomic E-state index is 0.0957. The maximum Gasteiger partial charge on any atom is 0.315 e. The van der Waals surface area contributed by atoms with Crippen molar-refractivity contribution in [2.75, 3.05) is 11.9 Å². The molecule has 0 bridgehead atoms. The van der Waals surface area contributed by atoms with Gasteiger partial charge in [0.2, 0.25) is 0 Å². The van der Waals surface area contributed by atoms with Crippen molar-refractivity contribution in [3.8, 4) is 0 Å². The number of rotatable bonds is 4. The Balaban J connectivity index is 1.88. The predicted octanol–water partition coefficient (Wildman–Crippen LogP) is 3.69. The molecule has 4 nitrogen and oxygen atoms in total. The second kappa shape index (κ2) is 6.38. The Bertz CT molecular complexity index is 924. The quantitative estimate of drug-likeness (QED) is 0.795. The number of aromatic nitrogens is 1. The van der Waals surface area contributed by atoms with Crippen molar-refractivity contribution in [1.82, 2.24) is 4.57 Å². The Morgan fingerprint density at radius 3 is 2.74 bits per heavy atom. The Hall–Kier alpha value is -2.40. The largest absolute Gasteiger partial charge is 0.376 e. The van der Waals surface area contributed by atoms with Crippen molar-refractivity contribution in [3.63, 3.8) is 0 Å². The molecule has 0 aliphatic heterocycles. The van der Waals surface area contributed by atoms with Gasteiger partial charge in [-0.05, 0) is 36.6 Å². The predicted molar refractivity (Wildman–Crippen MR) is 95.8 cm³/mol. The molecule has 1 heterocycles. The second-order valence-electron chi connectivity index (χ2n) is 5.38. The van der Waals surface area contributed by atoms with E-state index in [2.05, 4.69) is 12.2 Å². The zero-order valence-electron chi connectivity index (χ0n) is 13.1. The van der Waals surface area contributed by atoms with E-state index in [9.17, 15) is 9.59 Å². The second-order valence-corrected chi connectivity index (χ2v) is 6.37. The first-order chi connectivity index (χ1) is 11.1. The van der Waals surface area contributed by atoms with Crippen LogP contribution in [-0.4, -0.2) is 17.0 Å². The SMILES string of the molecule is CCc1cccc(C)c1NCC(=O)n1c(=O)sc2ccccc21. The summed E-state index contributed by atoms with van der Waals surface area (Å²) in [5.74, 6) is -0.238. The van der Waals surface area contributed by atoms with E-state index in [1.165, 1.54) is 10.1 Å². The molecule has 3 aromatic rings. The molecule has 23 heavy (non-hydrogen) atoms. The number of carbonyl (C=O) groups excluding carboxylic acids is 1. The topological polar surface area (TPSA) is 51.1 Å². The number of aryl methyl sites for hydroxylation is 2. The minimum Gasteiger partial charge on any atom is -0.376 e. The van der Waals surface area contributed by atoms with Gasteiger partial charge >= 0.3 is 4.87 Å². The summed E-state index contributed by atoms with van der Waals surface area (Å²) in [5.41, 5.74) is 3.92. The lowest BCUT2D eigenvalue weighted by atomic mass is 10.1. The highest BCUT2D eigenvalue weighted by Gasteiger charge is 2.14. The fourth-order valence-corrected chi connectivity index (χ4v) is 3.61. The van der Waals surface area contributed by atoms with Gasteiger partial charge in [-0.15, -0.1) is 0 Å². The number of carbonyl (C=O) groups is 1. The van der Waals surface area contributed by atoms with Gasteiger partial charge in [-0.2, -0.15) is 0 Å². The summed E-state index contributed by atoms with van der Waals surface area (Å²) >= 11 is 1.10. The molecule has 0 amide bonds. The van der Waals surface area contributed by atoms with Crippen LogP contribution in [0, 0.1) is 6.92 Å². The van der Waals surface area contributed by atoms with Gasteiger partial charge in [-0.25, -0.2) is 4.57 Å². The highest BCUT2D eigenvalue weighted by atomic mass is 32.1. The van der Waals surface area contributed by atoms with Crippen LogP contribution < -0.4 is 10.2 Å². The number of nitrogens with one attached hydrogen (secondary N) is 1. The lowest BCUT2D eigenvalue weighted by Gasteiger charge is -2.13. The van der Waals surface area contributed by atoms with E-state index in [0.717, 1.165) is 33.7 Å². The molecule has 1 aromatic heterocycles. The molecular weight excluding hydrogens is 308 g/mol. The van der Waals surface area contributed by atoms with Crippen molar-refractivity contribution < 1.29 is 4.79 Å². The fraction of sp³-hybridized carbons (Fsp3) is 0.222. The minimum atomic E-state index is -0.238. The van der Waals surface area contributed by atoms with E-state index in [0.29, 0.717) is 5.52 Å². The average molecular weight is 326 g/mol. The molecule has 0 atom stereocenters. The molecule has 0 spiro atoms. The molecule has 0 unspecified atom stereocenters. The van der Waals surface area contributed by atoms with Crippen LogP contribution in [0.2, 0.25) is 0 Å². The molecule has 0 aliphatic rings. The highest BCUT2D eigenvalue weighted by Crippen LogP contribution is 2.21. The van der Waals surface area contributed by atoms with Crippen LogP contribution >= 0.6 is 11.3 Å². The van der Waals surface area contributed by atoms with Crippen LogP contribution in [-0.2, 0) is 6.42 Å². The summed E-state index contributed by atoms with van der Waals surface area (Å²) in [6.45, 7) is 4.19. The third kappa shape index (κ3) is 2.92. The monoisotopic (exact) mass is 326 g/mol. The highest BCUT2D eigenvalue weighted by molar-refractivity contribution is 7.16. The van der Waals surface area contributed by atoms with Crippen LogP contribution in [0.15, 0.2) is 47.3 Å². The van der Waals surface area contributed by atoms with Crippen molar-refractivity contribution >= 4 is 33.1 Å². The molecule has 0 saturated heterocycles. The van der Waals surface area contributed by atoms with Gasteiger partial charge in [0.15, 0.2) is 0 Å². The van der Waals surface area contributed by atoms with Crippen LogP contribution in [0.25, 0.3) is 10.2 Å². The summed E-state index contributed by atoms with van der Waals surface area (Å²) in [7, 11) is 0. The number of nitrogens with zero attached hydrogens (tertiary/aromatic N) is 1. The van der Waals surface area contributed by atoms with Gasteiger partial charge in [0.25, 0.3) is 5.91 Å². The Morgan fingerprint density at radius 1 is 1.17 bits per heavy atom. The van der Waals surface area contributed by atoms with E-state index in [-0.39, 0.29) is 17.3 Å². The zero-order valence-corrected chi connectivity index (χ0v) is 13.9. The third-order valence-electron chi connectivity index (χ3n) is 3.89. The maximum atomic E-state index is 12.5. The summed E-state index contributed by atoms with van der Waals surface area (Å²) in [6, 6.07) is 13.4. The van der Waals surface area contributed by atoms with Gasteiger partial charge in [-0.3, -0.25) is 9.59 Å². The van der Waals surface area contributed by atoms with Gasteiger partial charge in [0, 0.05) is 5.69 Å². The first-order valence-corrected chi connectivity index (χ1v) is 8.39. The molecule has 0 radical (unpaired) electrons. The molecule has 0 fully saturated rings. The first kappa shape index (κ1) is 15.5. The fourth-order valence-electron chi connectivity index (χ4n) is 2.72. The Labute approximate surface area is 138 Å². The van der Waals surface area contributed by atoms with Gasteiger partial charge < -0.3 is 5.32 Å². The summed E-state index contributed by atoms with van der Waals surface area (Å²) < 4.78 is 2.09. The molecular formula is C18H18N2O2S. The average Bonchev–Trinajstić information content (AvgIpc) is 2.89. The van der Waals surface area contributed by atoms with Gasteiger partial charge in [0.05, 0.1) is 16.8 Å². The van der Waals surface area contributed by atoms with E-state index in [1.54, 1.807) is 6.07 Å². The van der Waals surface area contributed by atoms with Crippen LogP contribution in [0.1, 0.15) is 22.8 Å². The number of hydrogen-bond acceptors (Lipinski definition) is 4.